The van der Waals surface area contributed by atoms with Crippen LogP contribution in [0.4, 0.5) is 13.2 Å². The third-order valence-corrected chi connectivity index (χ3v) is 5.22. The van der Waals surface area contributed by atoms with Crippen molar-refractivity contribution in [2.45, 2.75) is 52.6 Å². The molecule has 3 nitrogen and oxygen atoms in total. The van der Waals surface area contributed by atoms with Gasteiger partial charge in [-0.25, -0.2) is 0 Å². The molecule has 1 aromatic carbocycles. The van der Waals surface area contributed by atoms with Crippen LogP contribution in [0.3, 0.4) is 0 Å². The fourth-order valence-corrected chi connectivity index (χ4v) is 3.45. The number of halogens is 3. The number of hydrogen-bond acceptors (Lipinski definition) is 2. The minimum Gasteiger partial charge on any atom is -0.347 e. The van der Waals surface area contributed by atoms with Gasteiger partial charge in [0.15, 0.2) is 0 Å². The molecule has 0 heterocycles. The van der Waals surface area contributed by atoms with Crippen molar-refractivity contribution in [1.29, 1.82) is 5.41 Å². The van der Waals surface area contributed by atoms with Crippen LogP contribution in [0.5, 0.6) is 0 Å². The topological polar surface area (TPSA) is 53.0 Å². The van der Waals surface area contributed by atoms with Gasteiger partial charge in [-0.2, -0.15) is 13.2 Å². The normalized spacial score (nSPS) is 17.7. The van der Waals surface area contributed by atoms with E-state index in [0.717, 1.165) is 28.7 Å². The molecule has 1 aliphatic carbocycles. The second-order valence-corrected chi connectivity index (χ2v) is 7.64. The van der Waals surface area contributed by atoms with Gasteiger partial charge in [0, 0.05) is 11.3 Å². The van der Waals surface area contributed by atoms with Gasteiger partial charge in [-0.3, -0.25) is 4.79 Å². The van der Waals surface area contributed by atoms with E-state index in [9.17, 15) is 18.0 Å². The van der Waals surface area contributed by atoms with E-state index in [1.165, 1.54) is 0 Å². The van der Waals surface area contributed by atoms with Crippen LogP contribution < -0.4 is 5.32 Å². The first kappa shape index (κ1) is 23.6. The van der Waals surface area contributed by atoms with Crippen LogP contribution in [0, 0.1) is 18.3 Å². The highest BCUT2D eigenvalue weighted by Gasteiger charge is 2.39. The van der Waals surface area contributed by atoms with Crippen LogP contribution in [-0.2, 0) is 4.79 Å². The lowest BCUT2D eigenvalue weighted by Gasteiger charge is -2.25. The van der Waals surface area contributed by atoms with Gasteiger partial charge in [0.1, 0.15) is 0 Å². The number of carbonyl (C=O) groups is 1. The molecular weight excluding hydrogens is 389 g/mol. The minimum atomic E-state index is -4.15. The Labute approximate surface area is 176 Å². The first-order chi connectivity index (χ1) is 14.1. The highest BCUT2D eigenvalue weighted by Crippen LogP contribution is 2.40. The summed E-state index contributed by atoms with van der Waals surface area (Å²) >= 11 is 0. The first-order valence-corrected chi connectivity index (χ1v) is 10.2. The minimum absolute atomic E-state index is 0.00814. The number of alkyl halides is 3. The van der Waals surface area contributed by atoms with E-state index >= 15 is 0 Å². The van der Waals surface area contributed by atoms with E-state index < -0.39 is 12.1 Å². The van der Waals surface area contributed by atoms with Crippen LogP contribution in [0.25, 0.3) is 11.6 Å². The van der Waals surface area contributed by atoms with Crippen LogP contribution in [0.15, 0.2) is 42.0 Å². The SMILES string of the molecule is CC/C=C/C(=C\c1cccc(C2=CCC(C(F)(F)F)CC2)c1C)C(=O)NCC(C)=N. The molecule has 1 aliphatic rings. The average molecular weight is 419 g/mol. The van der Waals surface area contributed by atoms with Gasteiger partial charge in [-0.05, 0) is 67.9 Å². The number of carbonyl (C=O) groups excluding carboxylic acids is 1. The van der Waals surface area contributed by atoms with Gasteiger partial charge in [0.25, 0.3) is 5.91 Å². The van der Waals surface area contributed by atoms with Crippen molar-refractivity contribution >= 4 is 23.3 Å². The Kier molecular flexibility index (Phi) is 8.21. The van der Waals surface area contributed by atoms with Gasteiger partial charge in [0.05, 0.1) is 12.5 Å². The van der Waals surface area contributed by atoms with Crippen molar-refractivity contribution in [3.05, 3.63) is 58.7 Å². The summed E-state index contributed by atoms with van der Waals surface area (Å²) in [4.78, 5) is 12.5. The average Bonchev–Trinajstić information content (AvgIpc) is 2.70. The summed E-state index contributed by atoms with van der Waals surface area (Å²) in [5.74, 6) is -1.53. The van der Waals surface area contributed by atoms with Crippen molar-refractivity contribution < 1.29 is 18.0 Å². The fraction of sp³-hybridized carbons (Fsp3) is 0.417. The molecule has 1 atom stereocenters. The van der Waals surface area contributed by atoms with E-state index in [2.05, 4.69) is 5.32 Å². The van der Waals surface area contributed by atoms with Crippen molar-refractivity contribution in [2.75, 3.05) is 6.54 Å². The Bertz CT molecular complexity index is 879. The predicted octanol–water partition coefficient (Wildman–Crippen LogP) is 6.25. The smallest absolute Gasteiger partial charge is 0.347 e. The lowest BCUT2D eigenvalue weighted by atomic mass is 9.84. The molecule has 1 aromatic rings. The van der Waals surface area contributed by atoms with E-state index in [1.54, 1.807) is 25.2 Å². The third-order valence-electron chi connectivity index (χ3n) is 5.22. The Morgan fingerprint density at radius 1 is 1.33 bits per heavy atom. The van der Waals surface area contributed by atoms with Crippen molar-refractivity contribution in [1.82, 2.24) is 5.32 Å². The molecule has 162 valence electrons. The molecule has 2 rings (SSSR count). The molecule has 0 spiro atoms. The molecule has 0 saturated heterocycles. The number of allylic oxidation sites excluding steroid dienone is 3. The Morgan fingerprint density at radius 2 is 2.07 bits per heavy atom. The van der Waals surface area contributed by atoms with Gasteiger partial charge in [-0.15, -0.1) is 0 Å². The summed E-state index contributed by atoms with van der Waals surface area (Å²) in [6.07, 6.45) is 4.28. The standard InChI is InChI=1S/C24H29F3N2O/c1-4-5-7-20(23(30)29-15-16(2)28)14-19-8-6-9-22(17(19)3)18-10-12-21(13-11-18)24(25,26)27/h5-10,14,21,28H,4,11-13,15H2,1-3H3,(H,29,30)/b7-5+,20-14+,28-16?. The zero-order valence-corrected chi connectivity index (χ0v) is 17.7. The number of rotatable bonds is 7. The van der Waals surface area contributed by atoms with Gasteiger partial charge >= 0.3 is 6.18 Å². The lowest BCUT2D eigenvalue weighted by molar-refractivity contribution is -0.175. The van der Waals surface area contributed by atoms with Crippen LogP contribution in [0.1, 0.15) is 56.2 Å². The molecule has 30 heavy (non-hydrogen) atoms. The first-order valence-electron chi connectivity index (χ1n) is 10.2. The van der Waals surface area contributed by atoms with E-state index in [1.807, 2.05) is 38.1 Å². The zero-order chi connectivity index (χ0) is 22.3. The number of hydrogen-bond donors (Lipinski definition) is 2. The molecule has 0 radical (unpaired) electrons. The largest absolute Gasteiger partial charge is 0.392 e. The second-order valence-electron chi connectivity index (χ2n) is 7.64. The predicted molar refractivity (Wildman–Crippen MR) is 116 cm³/mol. The van der Waals surface area contributed by atoms with E-state index in [4.69, 9.17) is 5.41 Å². The summed E-state index contributed by atoms with van der Waals surface area (Å²) in [5, 5.41) is 10.2. The number of amides is 1. The Hall–Kier alpha value is -2.63. The molecule has 2 N–H and O–H groups in total. The van der Waals surface area contributed by atoms with E-state index in [-0.39, 0.29) is 25.3 Å². The van der Waals surface area contributed by atoms with Crippen molar-refractivity contribution in [2.24, 2.45) is 5.92 Å². The number of benzene rings is 1. The van der Waals surface area contributed by atoms with Crippen molar-refractivity contribution in [3.63, 3.8) is 0 Å². The molecular formula is C24H29F3N2O. The van der Waals surface area contributed by atoms with Gasteiger partial charge in [-0.1, -0.05) is 43.4 Å². The molecule has 0 bridgehead atoms. The van der Waals surface area contributed by atoms with Crippen molar-refractivity contribution in [3.8, 4) is 0 Å². The quantitative estimate of drug-likeness (QED) is 0.307. The maximum atomic E-state index is 13.0. The summed E-state index contributed by atoms with van der Waals surface area (Å²) in [7, 11) is 0. The molecule has 1 amide bonds. The van der Waals surface area contributed by atoms with Gasteiger partial charge < -0.3 is 10.7 Å². The lowest BCUT2D eigenvalue weighted by Crippen LogP contribution is -2.28. The van der Waals surface area contributed by atoms with Crippen LogP contribution in [-0.4, -0.2) is 24.3 Å². The zero-order valence-electron chi connectivity index (χ0n) is 17.7. The van der Waals surface area contributed by atoms with Crippen LogP contribution >= 0.6 is 0 Å². The fourth-order valence-electron chi connectivity index (χ4n) is 3.45. The molecule has 0 aromatic heterocycles. The summed E-state index contributed by atoms with van der Waals surface area (Å²) in [6, 6.07) is 5.69. The molecule has 0 fully saturated rings. The van der Waals surface area contributed by atoms with E-state index in [0.29, 0.717) is 17.7 Å². The maximum Gasteiger partial charge on any atom is 0.392 e. The number of nitrogens with one attached hydrogen (secondary N) is 2. The summed E-state index contributed by atoms with van der Waals surface area (Å²) < 4.78 is 38.9. The molecule has 0 aliphatic heterocycles. The monoisotopic (exact) mass is 418 g/mol. The van der Waals surface area contributed by atoms with Gasteiger partial charge in [0.2, 0.25) is 0 Å². The summed E-state index contributed by atoms with van der Waals surface area (Å²) in [5.41, 5.74) is 4.49. The molecule has 6 heteroatoms. The van der Waals surface area contributed by atoms with Crippen LogP contribution in [0.2, 0.25) is 0 Å². The molecule has 0 saturated carbocycles. The second kappa shape index (κ2) is 10.4. The highest BCUT2D eigenvalue weighted by molar-refractivity contribution is 6.02. The Morgan fingerprint density at radius 3 is 2.63 bits per heavy atom. The Balaban J connectivity index is 2.33. The highest BCUT2D eigenvalue weighted by atomic mass is 19.4. The summed E-state index contributed by atoms with van der Waals surface area (Å²) in [6.45, 7) is 5.71. The molecule has 1 unspecified atom stereocenters. The maximum absolute atomic E-state index is 13.0. The third kappa shape index (κ3) is 6.44.